The first kappa shape index (κ1) is 13.3. The van der Waals surface area contributed by atoms with E-state index in [4.69, 9.17) is 20.4 Å². The summed E-state index contributed by atoms with van der Waals surface area (Å²) in [5.74, 6) is 0.685. The highest BCUT2D eigenvalue weighted by Crippen LogP contribution is 2.19. The molecule has 0 amide bonds. The number of oxime groups is 1. The molecule has 1 aromatic rings. The molecule has 5 heteroatoms. The molecule has 5 nitrogen and oxygen atoms in total. The Bertz CT molecular complexity index is 391. The Hall–Kier alpha value is -1.75. The monoisotopic (exact) mass is 238 g/mol. The van der Waals surface area contributed by atoms with Gasteiger partial charge >= 0.3 is 0 Å². The predicted octanol–water partition coefficient (Wildman–Crippen LogP) is 1.40. The molecule has 1 rings (SSSR count). The van der Waals surface area contributed by atoms with Crippen LogP contribution in [0.2, 0.25) is 0 Å². The SMILES string of the molecule is COc1cc(N)cc(/C(C)=N/OCCCO)c1. The highest BCUT2D eigenvalue weighted by Gasteiger charge is 2.02. The third-order valence-corrected chi connectivity index (χ3v) is 2.18. The lowest BCUT2D eigenvalue weighted by Crippen LogP contribution is -2.00. The van der Waals surface area contributed by atoms with Crippen LogP contribution < -0.4 is 10.5 Å². The molecule has 0 atom stereocenters. The standard InChI is InChI=1S/C12H18N2O3/c1-9(14-17-5-3-4-15)10-6-11(13)8-12(7-10)16-2/h6-8,15H,3-5,13H2,1-2H3/b14-9+. The molecule has 0 heterocycles. The summed E-state index contributed by atoms with van der Waals surface area (Å²) in [4.78, 5) is 5.05. The highest BCUT2D eigenvalue weighted by molar-refractivity contribution is 5.99. The van der Waals surface area contributed by atoms with Crippen molar-refractivity contribution < 1.29 is 14.7 Å². The summed E-state index contributed by atoms with van der Waals surface area (Å²) < 4.78 is 5.12. The molecule has 0 aromatic heterocycles. The van der Waals surface area contributed by atoms with Gasteiger partial charge in [-0.1, -0.05) is 5.16 Å². The van der Waals surface area contributed by atoms with Crippen LogP contribution in [0.15, 0.2) is 23.4 Å². The second-order valence-electron chi connectivity index (χ2n) is 3.58. The summed E-state index contributed by atoms with van der Waals surface area (Å²) in [5, 5.41) is 12.5. The van der Waals surface area contributed by atoms with E-state index >= 15 is 0 Å². The maximum atomic E-state index is 8.59. The molecular weight excluding hydrogens is 220 g/mol. The number of hydrogen-bond acceptors (Lipinski definition) is 5. The molecule has 0 saturated heterocycles. The number of hydrogen-bond donors (Lipinski definition) is 2. The molecule has 0 fully saturated rings. The van der Waals surface area contributed by atoms with Gasteiger partial charge in [-0.05, 0) is 19.1 Å². The first-order valence-corrected chi connectivity index (χ1v) is 5.39. The zero-order chi connectivity index (χ0) is 12.7. The number of nitrogen functional groups attached to an aromatic ring is 1. The zero-order valence-electron chi connectivity index (χ0n) is 10.1. The molecule has 0 spiro atoms. The van der Waals surface area contributed by atoms with Crippen molar-refractivity contribution in [1.29, 1.82) is 0 Å². The van der Waals surface area contributed by atoms with E-state index in [1.165, 1.54) is 0 Å². The van der Waals surface area contributed by atoms with Crippen LogP contribution in [-0.2, 0) is 4.84 Å². The Balaban J connectivity index is 2.73. The van der Waals surface area contributed by atoms with Gasteiger partial charge in [-0.2, -0.15) is 0 Å². The van der Waals surface area contributed by atoms with Crippen LogP contribution in [0.3, 0.4) is 0 Å². The number of ether oxygens (including phenoxy) is 1. The van der Waals surface area contributed by atoms with E-state index in [0.29, 0.717) is 30.2 Å². The quantitative estimate of drug-likeness (QED) is 0.340. The molecule has 0 saturated carbocycles. The van der Waals surface area contributed by atoms with Crippen molar-refractivity contribution in [1.82, 2.24) is 0 Å². The molecule has 0 aliphatic rings. The lowest BCUT2D eigenvalue weighted by molar-refractivity contribution is 0.124. The van der Waals surface area contributed by atoms with Gasteiger partial charge in [0.15, 0.2) is 0 Å². The third-order valence-electron chi connectivity index (χ3n) is 2.18. The average Bonchev–Trinajstić information content (AvgIpc) is 2.33. The Morgan fingerprint density at radius 3 is 2.82 bits per heavy atom. The predicted molar refractivity (Wildman–Crippen MR) is 67.3 cm³/mol. The molecule has 0 bridgehead atoms. The first-order valence-electron chi connectivity index (χ1n) is 5.39. The fourth-order valence-corrected chi connectivity index (χ4v) is 1.27. The lowest BCUT2D eigenvalue weighted by Gasteiger charge is -2.06. The summed E-state index contributed by atoms with van der Waals surface area (Å²) in [7, 11) is 1.59. The number of aliphatic hydroxyl groups is 1. The van der Waals surface area contributed by atoms with Crippen molar-refractivity contribution in [3.8, 4) is 5.75 Å². The van der Waals surface area contributed by atoms with Crippen LogP contribution in [0, 0.1) is 0 Å². The average molecular weight is 238 g/mol. The number of aliphatic hydroxyl groups excluding tert-OH is 1. The number of benzene rings is 1. The van der Waals surface area contributed by atoms with Gasteiger partial charge in [0.25, 0.3) is 0 Å². The topological polar surface area (TPSA) is 77.1 Å². The van der Waals surface area contributed by atoms with Crippen molar-refractivity contribution >= 4 is 11.4 Å². The summed E-state index contributed by atoms with van der Waals surface area (Å²) >= 11 is 0. The third kappa shape index (κ3) is 4.32. The van der Waals surface area contributed by atoms with Crippen LogP contribution in [0.1, 0.15) is 18.9 Å². The Morgan fingerprint density at radius 1 is 1.41 bits per heavy atom. The van der Waals surface area contributed by atoms with E-state index in [2.05, 4.69) is 5.16 Å². The molecule has 17 heavy (non-hydrogen) atoms. The zero-order valence-corrected chi connectivity index (χ0v) is 10.1. The van der Waals surface area contributed by atoms with Crippen molar-refractivity contribution in [2.24, 2.45) is 5.16 Å². The Kier molecular flexibility index (Phi) is 5.29. The van der Waals surface area contributed by atoms with Crippen molar-refractivity contribution in [2.75, 3.05) is 26.1 Å². The highest BCUT2D eigenvalue weighted by atomic mass is 16.6. The van der Waals surface area contributed by atoms with Crippen LogP contribution in [0.4, 0.5) is 5.69 Å². The fraction of sp³-hybridized carbons (Fsp3) is 0.417. The fourth-order valence-electron chi connectivity index (χ4n) is 1.27. The molecule has 0 radical (unpaired) electrons. The molecule has 3 N–H and O–H groups in total. The van der Waals surface area contributed by atoms with E-state index in [0.717, 1.165) is 5.56 Å². The number of rotatable bonds is 6. The Morgan fingerprint density at radius 2 is 2.18 bits per heavy atom. The minimum absolute atomic E-state index is 0.0979. The number of nitrogens with two attached hydrogens (primary N) is 1. The van der Waals surface area contributed by atoms with Crippen molar-refractivity contribution in [3.63, 3.8) is 0 Å². The summed E-state index contributed by atoms with van der Waals surface area (Å²) in [6, 6.07) is 5.38. The lowest BCUT2D eigenvalue weighted by atomic mass is 10.1. The second-order valence-corrected chi connectivity index (χ2v) is 3.58. The molecule has 0 aliphatic heterocycles. The van der Waals surface area contributed by atoms with E-state index in [1.807, 2.05) is 13.0 Å². The van der Waals surface area contributed by atoms with Gasteiger partial charge in [0.2, 0.25) is 0 Å². The van der Waals surface area contributed by atoms with Gasteiger partial charge in [0.05, 0.1) is 12.8 Å². The Labute approximate surface area is 101 Å². The molecular formula is C12H18N2O3. The van der Waals surface area contributed by atoms with Crippen molar-refractivity contribution in [3.05, 3.63) is 23.8 Å². The van der Waals surface area contributed by atoms with Crippen molar-refractivity contribution in [2.45, 2.75) is 13.3 Å². The van der Waals surface area contributed by atoms with Gasteiger partial charge in [-0.15, -0.1) is 0 Å². The van der Waals surface area contributed by atoms with Crippen LogP contribution in [0.5, 0.6) is 5.75 Å². The van der Waals surface area contributed by atoms with Gasteiger partial charge in [0, 0.05) is 30.3 Å². The first-order chi connectivity index (χ1) is 8.17. The number of methoxy groups -OCH3 is 1. The molecule has 94 valence electrons. The van der Waals surface area contributed by atoms with Gasteiger partial charge in [-0.3, -0.25) is 0 Å². The summed E-state index contributed by atoms with van der Waals surface area (Å²) in [5.41, 5.74) is 7.92. The second kappa shape index (κ2) is 6.75. The summed E-state index contributed by atoms with van der Waals surface area (Å²) in [6.45, 7) is 2.32. The normalized spacial score (nSPS) is 11.4. The molecule has 0 aliphatic carbocycles. The molecule has 0 unspecified atom stereocenters. The van der Waals surface area contributed by atoms with Crippen LogP contribution >= 0.6 is 0 Å². The minimum Gasteiger partial charge on any atom is -0.497 e. The largest absolute Gasteiger partial charge is 0.497 e. The van der Waals surface area contributed by atoms with E-state index in [-0.39, 0.29) is 6.61 Å². The van der Waals surface area contributed by atoms with Gasteiger partial charge in [-0.25, -0.2) is 0 Å². The maximum Gasteiger partial charge on any atom is 0.121 e. The van der Waals surface area contributed by atoms with E-state index in [9.17, 15) is 0 Å². The molecule has 1 aromatic carbocycles. The van der Waals surface area contributed by atoms with Gasteiger partial charge in [0.1, 0.15) is 12.4 Å². The number of nitrogens with zero attached hydrogens (tertiary/aromatic N) is 1. The van der Waals surface area contributed by atoms with Gasteiger partial charge < -0.3 is 20.4 Å². The van der Waals surface area contributed by atoms with E-state index in [1.54, 1.807) is 19.2 Å². The smallest absolute Gasteiger partial charge is 0.121 e. The van der Waals surface area contributed by atoms with Crippen LogP contribution in [-0.4, -0.2) is 31.1 Å². The minimum atomic E-state index is 0.0979. The van der Waals surface area contributed by atoms with Crippen LogP contribution in [0.25, 0.3) is 0 Å². The summed E-state index contributed by atoms with van der Waals surface area (Å²) in [6.07, 6.45) is 0.566. The number of anilines is 1. The van der Waals surface area contributed by atoms with E-state index < -0.39 is 0 Å². The maximum absolute atomic E-state index is 8.59.